The molecule has 0 spiro atoms. The summed E-state index contributed by atoms with van der Waals surface area (Å²) in [5.74, 6) is -3.23. The van der Waals surface area contributed by atoms with Gasteiger partial charge in [0.25, 0.3) is 0 Å². The second-order valence-corrected chi connectivity index (χ2v) is 10.5. The van der Waals surface area contributed by atoms with Gasteiger partial charge in [-0.05, 0) is 67.3 Å². The first-order valence-corrected chi connectivity index (χ1v) is 14.3. The van der Waals surface area contributed by atoms with Crippen molar-refractivity contribution >= 4 is 12.1 Å². The fraction of sp³-hybridized carbons (Fsp3) is 0.375. The standard InChI is InChI=1S/C32H29F8NO6/c1-4-45-28(42)6-5-11-46-27-14-22(26(44-3)15-25(27)34)21-9-8-20(31(35,36)37)12-19(21)16-41-17(2)29(47-30(41)43)18-7-10-24(33)23(13-18)32(38,39)40/h7-10,12-15,17,29H,4-6,11,16H2,1-3H3/t17-,29-/m0/s1. The van der Waals surface area contributed by atoms with Crippen LogP contribution < -0.4 is 9.47 Å². The Morgan fingerprint density at radius 3 is 2.28 bits per heavy atom. The minimum atomic E-state index is -5.03. The van der Waals surface area contributed by atoms with Crippen molar-refractivity contribution in [3.05, 3.63) is 82.4 Å². The molecule has 0 unspecified atom stereocenters. The van der Waals surface area contributed by atoms with Crippen molar-refractivity contribution in [3.63, 3.8) is 0 Å². The number of esters is 1. The summed E-state index contributed by atoms with van der Waals surface area (Å²) in [5, 5.41) is 0. The van der Waals surface area contributed by atoms with Crippen LogP contribution in [-0.2, 0) is 33.2 Å². The smallest absolute Gasteiger partial charge is 0.419 e. The zero-order chi connectivity index (χ0) is 34.7. The van der Waals surface area contributed by atoms with E-state index in [9.17, 15) is 44.7 Å². The molecule has 0 N–H and O–H groups in total. The number of ether oxygens (including phenoxy) is 4. The Bertz CT molecular complexity index is 1620. The van der Waals surface area contributed by atoms with E-state index in [2.05, 4.69) is 0 Å². The van der Waals surface area contributed by atoms with E-state index in [4.69, 9.17) is 18.9 Å². The van der Waals surface area contributed by atoms with Gasteiger partial charge < -0.3 is 18.9 Å². The Morgan fingerprint density at radius 1 is 0.915 bits per heavy atom. The van der Waals surface area contributed by atoms with Crippen molar-refractivity contribution in [1.29, 1.82) is 0 Å². The van der Waals surface area contributed by atoms with E-state index in [0.29, 0.717) is 12.1 Å². The lowest BCUT2D eigenvalue weighted by Crippen LogP contribution is -2.31. The summed E-state index contributed by atoms with van der Waals surface area (Å²) >= 11 is 0. The maximum absolute atomic E-state index is 14.9. The number of carbonyl (C=O) groups is 2. The van der Waals surface area contributed by atoms with Gasteiger partial charge in [-0.2, -0.15) is 26.3 Å². The SMILES string of the molecule is CCOC(=O)CCCOc1cc(-c2ccc(C(F)(F)F)cc2CN2C(=O)O[C@H](c3ccc(F)c(C(F)(F)F)c3)[C@@H]2C)c(OC)cc1F. The van der Waals surface area contributed by atoms with Crippen LogP contribution in [0.25, 0.3) is 11.1 Å². The molecule has 2 atom stereocenters. The number of hydrogen-bond acceptors (Lipinski definition) is 6. The average Bonchev–Trinajstić information content (AvgIpc) is 3.27. The summed E-state index contributed by atoms with van der Waals surface area (Å²) in [6.07, 6.45) is -12.0. The van der Waals surface area contributed by atoms with Crippen LogP contribution in [0.4, 0.5) is 39.9 Å². The van der Waals surface area contributed by atoms with Crippen molar-refractivity contribution in [1.82, 2.24) is 4.90 Å². The fourth-order valence-corrected chi connectivity index (χ4v) is 5.10. The highest BCUT2D eigenvalue weighted by Crippen LogP contribution is 2.42. The molecule has 15 heteroatoms. The lowest BCUT2D eigenvalue weighted by Gasteiger charge is -2.24. The molecule has 1 heterocycles. The zero-order valence-electron chi connectivity index (χ0n) is 25.2. The Balaban J connectivity index is 1.70. The van der Waals surface area contributed by atoms with Crippen molar-refractivity contribution in [2.24, 2.45) is 0 Å². The van der Waals surface area contributed by atoms with E-state index in [0.717, 1.165) is 35.2 Å². The topological polar surface area (TPSA) is 74.3 Å². The Kier molecular flexibility index (Phi) is 10.6. The molecule has 7 nitrogen and oxygen atoms in total. The predicted molar refractivity (Wildman–Crippen MR) is 150 cm³/mol. The lowest BCUT2D eigenvalue weighted by molar-refractivity contribution is -0.143. The van der Waals surface area contributed by atoms with Gasteiger partial charge in [0.1, 0.15) is 17.7 Å². The van der Waals surface area contributed by atoms with E-state index in [1.54, 1.807) is 6.92 Å². The Labute approximate surface area is 264 Å². The number of cyclic esters (lactones) is 1. The number of nitrogens with zero attached hydrogens (tertiary/aromatic N) is 1. The van der Waals surface area contributed by atoms with Gasteiger partial charge in [0.05, 0.1) is 44.0 Å². The molecular weight excluding hydrogens is 646 g/mol. The molecule has 0 aromatic heterocycles. The molecule has 0 bridgehead atoms. The quantitative estimate of drug-likeness (QED) is 0.115. The van der Waals surface area contributed by atoms with E-state index in [1.165, 1.54) is 20.1 Å². The number of carbonyl (C=O) groups excluding carboxylic acids is 2. The number of benzene rings is 3. The third kappa shape index (κ3) is 8.06. The number of methoxy groups -OCH3 is 1. The largest absolute Gasteiger partial charge is 0.496 e. The molecule has 3 aromatic carbocycles. The lowest BCUT2D eigenvalue weighted by atomic mass is 9.95. The van der Waals surface area contributed by atoms with Gasteiger partial charge in [0.15, 0.2) is 11.6 Å². The summed E-state index contributed by atoms with van der Waals surface area (Å²) in [6, 6.07) is 5.96. The normalized spacial score (nSPS) is 16.7. The summed E-state index contributed by atoms with van der Waals surface area (Å²) in [5.41, 5.74) is -2.70. The highest BCUT2D eigenvalue weighted by Gasteiger charge is 2.42. The molecule has 47 heavy (non-hydrogen) atoms. The second kappa shape index (κ2) is 14.1. The molecule has 1 aliphatic rings. The highest BCUT2D eigenvalue weighted by atomic mass is 19.4. The van der Waals surface area contributed by atoms with Crippen molar-refractivity contribution in [3.8, 4) is 22.6 Å². The van der Waals surface area contributed by atoms with Gasteiger partial charge in [0.2, 0.25) is 0 Å². The number of amides is 1. The summed E-state index contributed by atoms with van der Waals surface area (Å²) in [7, 11) is 1.21. The maximum Gasteiger partial charge on any atom is 0.419 e. The highest BCUT2D eigenvalue weighted by molar-refractivity contribution is 5.77. The van der Waals surface area contributed by atoms with E-state index in [1.807, 2.05) is 0 Å². The first-order chi connectivity index (χ1) is 22.0. The van der Waals surface area contributed by atoms with E-state index >= 15 is 0 Å². The molecule has 0 radical (unpaired) electrons. The van der Waals surface area contributed by atoms with E-state index in [-0.39, 0.29) is 59.8 Å². The number of halogens is 8. The van der Waals surface area contributed by atoms with Gasteiger partial charge in [-0.15, -0.1) is 0 Å². The number of hydrogen-bond donors (Lipinski definition) is 0. The molecule has 1 fully saturated rings. The monoisotopic (exact) mass is 675 g/mol. The van der Waals surface area contributed by atoms with Crippen LogP contribution >= 0.6 is 0 Å². The van der Waals surface area contributed by atoms with Gasteiger partial charge in [-0.25, -0.2) is 13.6 Å². The molecule has 1 saturated heterocycles. The third-order valence-electron chi connectivity index (χ3n) is 7.42. The molecule has 3 aromatic rings. The molecule has 0 aliphatic carbocycles. The number of alkyl halides is 6. The molecule has 4 rings (SSSR count). The van der Waals surface area contributed by atoms with Crippen LogP contribution in [0, 0.1) is 11.6 Å². The molecular formula is C32H29F8NO6. The van der Waals surface area contributed by atoms with Gasteiger partial charge in [0, 0.05) is 18.1 Å². The Morgan fingerprint density at radius 2 is 1.64 bits per heavy atom. The first kappa shape index (κ1) is 35.3. The minimum absolute atomic E-state index is 0.00206. The second-order valence-electron chi connectivity index (χ2n) is 10.5. The maximum atomic E-state index is 14.9. The van der Waals surface area contributed by atoms with Gasteiger partial charge in [-0.3, -0.25) is 9.69 Å². The molecule has 254 valence electrons. The van der Waals surface area contributed by atoms with Gasteiger partial charge in [-0.1, -0.05) is 12.1 Å². The van der Waals surface area contributed by atoms with Crippen molar-refractivity contribution in [2.75, 3.05) is 20.3 Å². The average molecular weight is 676 g/mol. The van der Waals surface area contributed by atoms with Crippen LogP contribution in [0.1, 0.15) is 55.0 Å². The summed E-state index contributed by atoms with van der Waals surface area (Å²) < 4.78 is 131. The summed E-state index contributed by atoms with van der Waals surface area (Å²) in [4.78, 5) is 25.6. The molecule has 0 saturated carbocycles. The van der Waals surface area contributed by atoms with Crippen molar-refractivity contribution in [2.45, 2.75) is 57.7 Å². The molecule has 1 aliphatic heterocycles. The zero-order valence-corrected chi connectivity index (χ0v) is 25.2. The molecule has 1 amide bonds. The van der Waals surface area contributed by atoms with Crippen molar-refractivity contribution < 1.29 is 63.7 Å². The summed E-state index contributed by atoms with van der Waals surface area (Å²) in [6.45, 7) is 2.63. The van der Waals surface area contributed by atoms with Crippen LogP contribution in [-0.4, -0.2) is 43.3 Å². The fourth-order valence-electron chi connectivity index (χ4n) is 5.10. The van der Waals surface area contributed by atoms with E-state index < -0.39 is 65.9 Å². The van der Waals surface area contributed by atoms with Crippen LogP contribution in [0.15, 0.2) is 48.5 Å². The van der Waals surface area contributed by atoms with Crippen LogP contribution in [0.5, 0.6) is 11.5 Å². The Hall–Kier alpha value is -4.56. The minimum Gasteiger partial charge on any atom is -0.496 e. The van der Waals surface area contributed by atoms with Crippen LogP contribution in [0.2, 0.25) is 0 Å². The van der Waals surface area contributed by atoms with Gasteiger partial charge >= 0.3 is 24.4 Å². The third-order valence-corrected chi connectivity index (χ3v) is 7.42. The predicted octanol–water partition coefficient (Wildman–Crippen LogP) is 8.48. The van der Waals surface area contributed by atoms with Crippen LogP contribution in [0.3, 0.4) is 0 Å². The first-order valence-electron chi connectivity index (χ1n) is 14.3. The number of rotatable bonds is 11.